The molecule has 0 unspecified atom stereocenters. The number of nitrogens with one attached hydrogen (secondary N) is 2. The fourth-order valence-electron chi connectivity index (χ4n) is 3.48. The van der Waals surface area contributed by atoms with Crippen LogP contribution in [0.3, 0.4) is 0 Å². The van der Waals surface area contributed by atoms with E-state index < -0.39 is 17.8 Å². The molecule has 0 aliphatic heterocycles. The van der Waals surface area contributed by atoms with E-state index in [-0.39, 0.29) is 32.5 Å². The van der Waals surface area contributed by atoms with Gasteiger partial charge >= 0.3 is 5.97 Å². The number of rotatable bonds is 9. The van der Waals surface area contributed by atoms with Crippen LogP contribution in [-0.4, -0.2) is 53.3 Å². The maximum atomic E-state index is 13.2. The maximum Gasteiger partial charge on any atom is 0.341 e. The number of para-hydroxylation sites is 2. The van der Waals surface area contributed by atoms with E-state index in [4.69, 9.17) is 23.7 Å². The first-order valence-electron chi connectivity index (χ1n) is 10.6. The second-order valence-corrected chi connectivity index (χ2v) is 8.30. The second kappa shape index (κ2) is 11.5. The van der Waals surface area contributed by atoms with Crippen molar-refractivity contribution in [2.24, 2.45) is 0 Å². The summed E-state index contributed by atoms with van der Waals surface area (Å²) in [7, 11) is 7.04. The molecule has 0 bridgehead atoms. The summed E-state index contributed by atoms with van der Waals surface area (Å²) in [4.78, 5) is 39.1. The first-order chi connectivity index (χ1) is 17.3. The zero-order valence-electron chi connectivity index (χ0n) is 20.6. The molecular formula is C25H26N2O8S. The Morgan fingerprint density at radius 2 is 1.39 bits per heavy atom. The first kappa shape index (κ1) is 26.4. The Kier molecular flexibility index (Phi) is 8.38. The van der Waals surface area contributed by atoms with Crippen LogP contribution in [0, 0.1) is 6.92 Å². The second-order valence-electron chi connectivity index (χ2n) is 7.27. The van der Waals surface area contributed by atoms with Crippen LogP contribution in [0.5, 0.6) is 23.0 Å². The van der Waals surface area contributed by atoms with Crippen LogP contribution in [0.15, 0.2) is 36.4 Å². The molecule has 0 spiro atoms. The van der Waals surface area contributed by atoms with Gasteiger partial charge in [-0.3, -0.25) is 9.59 Å². The van der Waals surface area contributed by atoms with Gasteiger partial charge in [-0.2, -0.15) is 0 Å². The summed E-state index contributed by atoms with van der Waals surface area (Å²) in [5.41, 5.74) is 1.08. The summed E-state index contributed by atoms with van der Waals surface area (Å²) < 4.78 is 26.1. The molecule has 36 heavy (non-hydrogen) atoms. The number of methoxy groups -OCH3 is 5. The first-order valence-corrected chi connectivity index (χ1v) is 11.4. The summed E-state index contributed by atoms with van der Waals surface area (Å²) in [6, 6.07) is 9.88. The molecule has 2 N–H and O–H groups in total. The van der Waals surface area contributed by atoms with Crippen LogP contribution < -0.4 is 29.6 Å². The van der Waals surface area contributed by atoms with E-state index >= 15 is 0 Å². The molecule has 3 rings (SSSR count). The fourth-order valence-corrected chi connectivity index (χ4v) is 4.57. The molecule has 3 aromatic rings. The summed E-state index contributed by atoms with van der Waals surface area (Å²) in [5.74, 6) is -0.347. The Morgan fingerprint density at radius 3 is 1.94 bits per heavy atom. The summed E-state index contributed by atoms with van der Waals surface area (Å²) in [6.45, 7) is 1.61. The molecule has 2 aromatic carbocycles. The van der Waals surface area contributed by atoms with Crippen LogP contribution in [0.1, 0.15) is 36.0 Å². The molecule has 0 atom stereocenters. The van der Waals surface area contributed by atoms with E-state index in [1.54, 1.807) is 31.2 Å². The van der Waals surface area contributed by atoms with Crippen LogP contribution in [-0.2, 0) is 4.74 Å². The molecule has 0 fully saturated rings. The largest absolute Gasteiger partial charge is 0.495 e. The monoisotopic (exact) mass is 514 g/mol. The third-order valence-electron chi connectivity index (χ3n) is 5.25. The molecule has 2 amide bonds. The smallest absolute Gasteiger partial charge is 0.341 e. The molecule has 0 saturated heterocycles. The van der Waals surface area contributed by atoms with Gasteiger partial charge in [0.05, 0.1) is 51.7 Å². The van der Waals surface area contributed by atoms with Gasteiger partial charge in [0.25, 0.3) is 11.8 Å². The average Bonchev–Trinajstić information content (AvgIpc) is 3.22. The normalized spacial score (nSPS) is 10.3. The highest BCUT2D eigenvalue weighted by atomic mass is 32.1. The number of ether oxygens (including phenoxy) is 5. The van der Waals surface area contributed by atoms with Crippen molar-refractivity contribution in [3.05, 3.63) is 58.0 Å². The number of amides is 2. The average molecular weight is 515 g/mol. The van der Waals surface area contributed by atoms with Crippen LogP contribution in [0.2, 0.25) is 0 Å². The summed E-state index contributed by atoms with van der Waals surface area (Å²) in [5, 5.41) is 5.64. The molecule has 11 heteroatoms. The van der Waals surface area contributed by atoms with Gasteiger partial charge in [-0.25, -0.2) is 4.79 Å². The molecular weight excluding hydrogens is 488 g/mol. The predicted molar refractivity (Wildman–Crippen MR) is 135 cm³/mol. The van der Waals surface area contributed by atoms with E-state index in [0.29, 0.717) is 22.7 Å². The van der Waals surface area contributed by atoms with E-state index in [2.05, 4.69) is 10.6 Å². The van der Waals surface area contributed by atoms with Gasteiger partial charge in [-0.1, -0.05) is 12.1 Å². The van der Waals surface area contributed by atoms with Crippen molar-refractivity contribution in [2.45, 2.75) is 6.92 Å². The number of carbonyl (C=O) groups is 3. The Labute approximate surface area is 212 Å². The van der Waals surface area contributed by atoms with Crippen molar-refractivity contribution in [3.8, 4) is 23.0 Å². The predicted octanol–water partition coefficient (Wildman–Crippen LogP) is 4.38. The van der Waals surface area contributed by atoms with Crippen LogP contribution in [0.25, 0.3) is 0 Å². The van der Waals surface area contributed by atoms with Gasteiger partial charge in [-0.05, 0) is 36.8 Å². The van der Waals surface area contributed by atoms with Crippen LogP contribution in [0.4, 0.5) is 10.7 Å². The lowest BCUT2D eigenvalue weighted by Gasteiger charge is -2.14. The fraction of sp³-hybridized carbons (Fsp3) is 0.240. The van der Waals surface area contributed by atoms with Crippen molar-refractivity contribution < 1.29 is 38.1 Å². The molecule has 0 aliphatic rings. The third kappa shape index (κ3) is 5.20. The number of hydrogen-bond acceptors (Lipinski definition) is 9. The molecule has 0 aliphatic carbocycles. The minimum atomic E-state index is -0.694. The third-order valence-corrected chi connectivity index (χ3v) is 6.46. The quantitative estimate of drug-likeness (QED) is 0.404. The lowest BCUT2D eigenvalue weighted by atomic mass is 10.1. The van der Waals surface area contributed by atoms with Gasteiger partial charge in [0.1, 0.15) is 10.8 Å². The highest BCUT2D eigenvalue weighted by Gasteiger charge is 2.27. The standard InChI is InChI=1S/C25H26N2O8S/c1-13-19(25(30)35-6)24(36-21(13)23(29)26-15-9-7-8-10-16(15)31-2)27-22(28)14-11-17(32-3)20(34-5)18(12-14)33-4/h7-12H,1-6H3,(H,26,29)(H,27,28). The number of hydrogen-bond donors (Lipinski definition) is 2. The van der Waals surface area contributed by atoms with Crippen molar-refractivity contribution in [1.82, 2.24) is 0 Å². The van der Waals surface area contributed by atoms with E-state index in [0.717, 1.165) is 11.3 Å². The maximum absolute atomic E-state index is 13.2. The zero-order valence-corrected chi connectivity index (χ0v) is 21.5. The topological polar surface area (TPSA) is 121 Å². The Morgan fingerprint density at radius 1 is 0.778 bits per heavy atom. The number of anilines is 2. The molecule has 1 aromatic heterocycles. The Bertz CT molecular complexity index is 1280. The molecule has 10 nitrogen and oxygen atoms in total. The van der Waals surface area contributed by atoms with E-state index in [9.17, 15) is 14.4 Å². The Balaban J connectivity index is 1.99. The van der Waals surface area contributed by atoms with Gasteiger partial charge in [0.15, 0.2) is 11.5 Å². The minimum absolute atomic E-state index is 0.0773. The summed E-state index contributed by atoms with van der Waals surface area (Å²) >= 11 is 0.948. The van der Waals surface area contributed by atoms with Crippen molar-refractivity contribution in [1.29, 1.82) is 0 Å². The van der Waals surface area contributed by atoms with Gasteiger partial charge < -0.3 is 34.3 Å². The highest BCUT2D eigenvalue weighted by Crippen LogP contribution is 2.39. The molecule has 0 saturated carbocycles. The van der Waals surface area contributed by atoms with E-state index in [1.807, 2.05) is 0 Å². The minimum Gasteiger partial charge on any atom is -0.495 e. The van der Waals surface area contributed by atoms with Gasteiger partial charge in [-0.15, -0.1) is 11.3 Å². The van der Waals surface area contributed by atoms with Gasteiger partial charge in [0, 0.05) is 5.56 Å². The number of thiophene rings is 1. The van der Waals surface area contributed by atoms with Crippen molar-refractivity contribution >= 4 is 39.8 Å². The van der Waals surface area contributed by atoms with E-state index in [1.165, 1.54) is 47.7 Å². The van der Waals surface area contributed by atoms with Crippen molar-refractivity contribution in [3.63, 3.8) is 0 Å². The number of benzene rings is 2. The zero-order chi connectivity index (χ0) is 26.4. The summed E-state index contributed by atoms with van der Waals surface area (Å²) in [6.07, 6.45) is 0. The number of carbonyl (C=O) groups excluding carboxylic acids is 3. The lowest BCUT2D eigenvalue weighted by Crippen LogP contribution is -2.15. The molecule has 190 valence electrons. The molecule has 1 heterocycles. The van der Waals surface area contributed by atoms with Crippen molar-refractivity contribution in [2.75, 3.05) is 46.2 Å². The Hall–Kier alpha value is -4.25. The van der Waals surface area contributed by atoms with Crippen LogP contribution >= 0.6 is 11.3 Å². The highest BCUT2D eigenvalue weighted by molar-refractivity contribution is 7.19. The molecule has 0 radical (unpaired) electrons. The lowest BCUT2D eigenvalue weighted by molar-refractivity contribution is 0.0601. The SMILES string of the molecule is COC(=O)c1c(NC(=O)c2cc(OC)c(OC)c(OC)c2)sc(C(=O)Nc2ccccc2OC)c1C. The number of esters is 1. The van der Waals surface area contributed by atoms with Gasteiger partial charge in [0.2, 0.25) is 5.75 Å².